The van der Waals surface area contributed by atoms with Crippen LogP contribution in [0.15, 0.2) is 24.3 Å². The van der Waals surface area contributed by atoms with Crippen LogP contribution in [0.1, 0.15) is 36.8 Å². The van der Waals surface area contributed by atoms with Crippen molar-refractivity contribution >= 4 is 5.91 Å². The fourth-order valence-corrected chi connectivity index (χ4v) is 4.01. The summed E-state index contributed by atoms with van der Waals surface area (Å²) in [6, 6.07) is 8.37. The number of hydrogen-bond acceptors (Lipinski definition) is 3. The van der Waals surface area contributed by atoms with Gasteiger partial charge in [0.25, 0.3) is 0 Å². The monoisotopic (exact) mass is 330 g/mol. The number of hydrogen-bond donors (Lipinski definition) is 1. The quantitative estimate of drug-likeness (QED) is 0.924. The molecule has 2 heterocycles. The minimum atomic E-state index is -0.407. The lowest BCUT2D eigenvalue weighted by Gasteiger charge is -2.42. The van der Waals surface area contributed by atoms with Crippen LogP contribution in [-0.2, 0) is 11.2 Å². The Morgan fingerprint density at radius 1 is 1.12 bits per heavy atom. The molecule has 2 fully saturated rings. The Morgan fingerprint density at radius 2 is 1.79 bits per heavy atom. The number of aliphatic hydroxyl groups excluding tert-OH is 1. The number of piperidine rings is 2. The highest BCUT2D eigenvalue weighted by atomic mass is 16.3. The van der Waals surface area contributed by atoms with Gasteiger partial charge in [-0.1, -0.05) is 29.8 Å². The molecule has 1 aromatic carbocycles. The lowest BCUT2D eigenvalue weighted by atomic mass is 9.89. The molecule has 0 aromatic heterocycles. The van der Waals surface area contributed by atoms with Gasteiger partial charge in [-0.3, -0.25) is 4.79 Å². The Kier molecular flexibility index (Phi) is 5.57. The first-order valence-corrected chi connectivity index (χ1v) is 9.27. The molecule has 2 aliphatic rings. The lowest BCUT2D eigenvalue weighted by molar-refractivity contribution is -0.144. The van der Waals surface area contributed by atoms with Crippen LogP contribution in [0.25, 0.3) is 0 Å². The van der Waals surface area contributed by atoms with Crippen LogP contribution in [0.5, 0.6) is 0 Å². The van der Waals surface area contributed by atoms with Crippen molar-refractivity contribution in [1.29, 1.82) is 0 Å². The molecule has 0 radical (unpaired) electrons. The van der Waals surface area contributed by atoms with Crippen molar-refractivity contribution in [2.24, 2.45) is 5.92 Å². The number of likely N-dealkylation sites (tertiary alicyclic amines) is 2. The third kappa shape index (κ3) is 3.98. The zero-order valence-electron chi connectivity index (χ0n) is 14.9. The Hall–Kier alpha value is -1.39. The van der Waals surface area contributed by atoms with E-state index in [0.717, 1.165) is 51.7 Å². The molecule has 0 unspecified atom stereocenters. The van der Waals surface area contributed by atoms with Crippen molar-refractivity contribution in [2.75, 3.05) is 26.7 Å². The molecule has 2 aliphatic heterocycles. The summed E-state index contributed by atoms with van der Waals surface area (Å²) in [5, 5.41) is 10.5. The van der Waals surface area contributed by atoms with Crippen LogP contribution < -0.4 is 0 Å². The number of carbonyl (C=O) groups is 1. The lowest BCUT2D eigenvalue weighted by Crippen LogP contribution is -2.54. The molecule has 2 saturated heterocycles. The summed E-state index contributed by atoms with van der Waals surface area (Å²) in [6.07, 6.45) is 3.94. The first-order chi connectivity index (χ1) is 11.5. The highest BCUT2D eigenvalue weighted by Gasteiger charge is 2.36. The first kappa shape index (κ1) is 17.4. The smallest absolute Gasteiger partial charge is 0.226 e. The average Bonchev–Trinajstić information content (AvgIpc) is 2.58. The Bertz CT molecular complexity index is 549. The van der Waals surface area contributed by atoms with Gasteiger partial charge in [-0.15, -0.1) is 0 Å². The largest absolute Gasteiger partial charge is 0.391 e. The van der Waals surface area contributed by atoms with Crippen molar-refractivity contribution in [3.63, 3.8) is 0 Å². The molecule has 1 aromatic rings. The third-order valence-corrected chi connectivity index (χ3v) is 5.66. The minimum absolute atomic E-state index is 0.0754. The molecule has 132 valence electrons. The molecule has 4 heteroatoms. The second kappa shape index (κ2) is 7.66. The molecule has 0 aliphatic carbocycles. The molecule has 24 heavy (non-hydrogen) atoms. The fraction of sp³-hybridized carbons (Fsp3) is 0.650. The van der Waals surface area contributed by atoms with Gasteiger partial charge in [-0.05, 0) is 64.7 Å². The number of aryl methyl sites for hydroxylation is 1. The summed E-state index contributed by atoms with van der Waals surface area (Å²) in [5.74, 6) is 0.394. The summed E-state index contributed by atoms with van der Waals surface area (Å²) in [7, 11) is 2.12. The van der Waals surface area contributed by atoms with E-state index in [1.807, 2.05) is 4.90 Å². The fourth-order valence-electron chi connectivity index (χ4n) is 4.01. The molecule has 0 saturated carbocycles. The van der Waals surface area contributed by atoms with Crippen LogP contribution in [0, 0.1) is 12.8 Å². The molecule has 3 rings (SSSR count). The maximum absolute atomic E-state index is 13.1. The van der Waals surface area contributed by atoms with Crippen LogP contribution in [0.4, 0.5) is 0 Å². The number of rotatable bonds is 3. The van der Waals surface area contributed by atoms with Gasteiger partial charge in [0, 0.05) is 12.5 Å². The van der Waals surface area contributed by atoms with E-state index in [0.29, 0.717) is 0 Å². The number of aliphatic hydroxyl groups is 1. The van der Waals surface area contributed by atoms with Gasteiger partial charge in [0.1, 0.15) is 0 Å². The molecule has 0 spiro atoms. The number of nitrogens with zero attached hydrogens (tertiary/aromatic N) is 2. The SMILES string of the molecule is Cc1ccc(C[C@H]2[C@@H](O)CCCN2C(=O)C2CCN(C)CC2)cc1. The van der Waals surface area contributed by atoms with Gasteiger partial charge in [-0.25, -0.2) is 0 Å². The van der Waals surface area contributed by atoms with E-state index < -0.39 is 6.10 Å². The van der Waals surface area contributed by atoms with Crippen molar-refractivity contribution in [3.8, 4) is 0 Å². The Morgan fingerprint density at radius 3 is 2.46 bits per heavy atom. The zero-order chi connectivity index (χ0) is 17.1. The van der Waals surface area contributed by atoms with Crippen molar-refractivity contribution < 1.29 is 9.90 Å². The van der Waals surface area contributed by atoms with E-state index in [1.54, 1.807) is 0 Å². The normalized spacial score (nSPS) is 26.5. The van der Waals surface area contributed by atoms with Gasteiger partial charge in [0.2, 0.25) is 5.91 Å². The summed E-state index contributed by atoms with van der Waals surface area (Å²) in [4.78, 5) is 17.3. The minimum Gasteiger partial charge on any atom is -0.391 e. The van der Waals surface area contributed by atoms with E-state index in [2.05, 4.69) is 43.1 Å². The highest BCUT2D eigenvalue weighted by Crippen LogP contribution is 2.26. The number of carbonyl (C=O) groups excluding carboxylic acids is 1. The van der Waals surface area contributed by atoms with Crippen LogP contribution in [-0.4, -0.2) is 59.6 Å². The maximum atomic E-state index is 13.1. The van der Waals surface area contributed by atoms with Gasteiger partial charge in [-0.2, -0.15) is 0 Å². The van der Waals surface area contributed by atoms with E-state index in [1.165, 1.54) is 11.1 Å². The molecule has 1 N–H and O–H groups in total. The number of amides is 1. The van der Waals surface area contributed by atoms with Crippen LogP contribution >= 0.6 is 0 Å². The highest BCUT2D eigenvalue weighted by molar-refractivity contribution is 5.79. The van der Waals surface area contributed by atoms with Gasteiger partial charge in [0.05, 0.1) is 12.1 Å². The van der Waals surface area contributed by atoms with Gasteiger partial charge in [0.15, 0.2) is 0 Å². The second-order valence-corrected chi connectivity index (χ2v) is 7.58. The van der Waals surface area contributed by atoms with E-state index in [9.17, 15) is 9.90 Å². The summed E-state index contributed by atoms with van der Waals surface area (Å²) in [5.41, 5.74) is 2.44. The zero-order valence-corrected chi connectivity index (χ0v) is 14.9. The summed E-state index contributed by atoms with van der Waals surface area (Å²) >= 11 is 0. The third-order valence-electron chi connectivity index (χ3n) is 5.66. The predicted octanol–water partition coefficient (Wildman–Crippen LogP) is 2.23. The predicted molar refractivity (Wildman–Crippen MR) is 95.8 cm³/mol. The summed E-state index contributed by atoms with van der Waals surface area (Å²) in [6.45, 7) is 4.86. The Balaban J connectivity index is 1.71. The Labute approximate surface area is 145 Å². The summed E-state index contributed by atoms with van der Waals surface area (Å²) < 4.78 is 0. The standard InChI is InChI=1S/C20H30N2O2/c1-15-5-7-16(8-6-15)14-18-19(23)4-3-11-22(18)20(24)17-9-12-21(2)13-10-17/h5-8,17-19,23H,3-4,9-14H2,1-2H3/t18-,19-/m0/s1. The van der Waals surface area contributed by atoms with Crippen molar-refractivity contribution in [1.82, 2.24) is 9.80 Å². The van der Waals surface area contributed by atoms with Gasteiger partial charge >= 0.3 is 0 Å². The van der Waals surface area contributed by atoms with E-state index >= 15 is 0 Å². The van der Waals surface area contributed by atoms with Gasteiger partial charge < -0.3 is 14.9 Å². The first-order valence-electron chi connectivity index (χ1n) is 9.27. The molecule has 1 amide bonds. The number of benzene rings is 1. The average molecular weight is 330 g/mol. The topological polar surface area (TPSA) is 43.8 Å². The van der Waals surface area contributed by atoms with Crippen LogP contribution in [0.2, 0.25) is 0 Å². The second-order valence-electron chi connectivity index (χ2n) is 7.58. The molecular weight excluding hydrogens is 300 g/mol. The van der Waals surface area contributed by atoms with Crippen LogP contribution in [0.3, 0.4) is 0 Å². The van der Waals surface area contributed by atoms with E-state index in [-0.39, 0.29) is 17.9 Å². The molecule has 0 bridgehead atoms. The van der Waals surface area contributed by atoms with Crippen molar-refractivity contribution in [3.05, 3.63) is 35.4 Å². The van der Waals surface area contributed by atoms with Crippen molar-refractivity contribution in [2.45, 2.75) is 51.2 Å². The maximum Gasteiger partial charge on any atom is 0.226 e. The molecule has 4 nitrogen and oxygen atoms in total. The molecular formula is C20H30N2O2. The molecule has 2 atom stereocenters. The van der Waals surface area contributed by atoms with E-state index in [4.69, 9.17) is 0 Å².